The number of thiophene rings is 1. The Morgan fingerprint density at radius 2 is 1.95 bits per heavy atom. The summed E-state index contributed by atoms with van der Waals surface area (Å²) in [4.78, 5) is 12.4. The van der Waals surface area contributed by atoms with Crippen LogP contribution in [0.3, 0.4) is 0 Å². The Morgan fingerprint density at radius 1 is 1.21 bits per heavy atom. The van der Waals surface area contributed by atoms with Crippen LogP contribution in [0.1, 0.15) is 22.2 Å². The van der Waals surface area contributed by atoms with Crippen LogP contribution < -0.4 is 10.9 Å². The van der Waals surface area contributed by atoms with Gasteiger partial charge in [0.15, 0.2) is 0 Å². The number of aromatic hydroxyl groups is 1. The molecule has 0 saturated heterocycles. The standard InChI is InChI=1S/C14H14N2O2S/c1-2-12(10-5-7-11(17)8-6-10)15-16-14(18)13-4-3-9-19-13/h2-9,15,17H,1H3,(H,16,18)/b12-2-. The molecule has 0 aliphatic rings. The van der Waals surface area contributed by atoms with Crippen molar-refractivity contribution in [1.29, 1.82) is 0 Å². The summed E-state index contributed by atoms with van der Waals surface area (Å²) < 4.78 is 0. The molecule has 0 bridgehead atoms. The van der Waals surface area contributed by atoms with Crippen molar-refractivity contribution in [3.63, 3.8) is 0 Å². The van der Waals surface area contributed by atoms with Crippen LogP contribution in [0.2, 0.25) is 0 Å². The molecule has 2 rings (SSSR count). The summed E-state index contributed by atoms with van der Waals surface area (Å²) in [5.41, 5.74) is 7.17. The van der Waals surface area contributed by atoms with Crippen molar-refractivity contribution in [2.45, 2.75) is 6.92 Å². The molecule has 4 nitrogen and oxygen atoms in total. The molecular formula is C14H14N2O2S. The number of hydrazine groups is 1. The molecule has 1 heterocycles. The van der Waals surface area contributed by atoms with E-state index in [-0.39, 0.29) is 11.7 Å². The van der Waals surface area contributed by atoms with Gasteiger partial charge in [0.25, 0.3) is 5.91 Å². The average Bonchev–Trinajstić information content (AvgIpc) is 2.95. The molecule has 19 heavy (non-hydrogen) atoms. The Morgan fingerprint density at radius 3 is 2.53 bits per heavy atom. The van der Waals surface area contributed by atoms with Gasteiger partial charge in [0, 0.05) is 0 Å². The lowest BCUT2D eigenvalue weighted by molar-refractivity contribution is 0.0946. The van der Waals surface area contributed by atoms with E-state index in [9.17, 15) is 9.90 Å². The maximum Gasteiger partial charge on any atom is 0.279 e. The van der Waals surface area contributed by atoms with Gasteiger partial charge >= 0.3 is 0 Å². The molecule has 0 unspecified atom stereocenters. The zero-order valence-corrected chi connectivity index (χ0v) is 11.2. The van der Waals surface area contributed by atoms with Crippen molar-refractivity contribution in [2.75, 3.05) is 0 Å². The van der Waals surface area contributed by atoms with Crippen LogP contribution in [0.25, 0.3) is 5.70 Å². The van der Waals surface area contributed by atoms with Crippen molar-refractivity contribution < 1.29 is 9.90 Å². The zero-order chi connectivity index (χ0) is 13.7. The molecule has 0 radical (unpaired) electrons. The van der Waals surface area contributed by atoms with E-state index in [4.69, 9.17) is 0 Å². The maximum atomic E-state index is 11.8. The van der Waals surface area contributed by atoms with Gasteiger partial charge in [-0.05, 0) is 48.2 Å². The number of carbonyl (C=O) groups is 1. The van der Waals surface area contributed by atoms with Crippen LogP contribution in [0.4, 0.5) is 0 Å². The third-order valence-electron chi connectivity index (χ3n) is 2.52. The van der Waals surface area contributed by atoms with Gasteiger partial charge in [-0.25, -0.2) is 0 Å². The van der Waals surface area contributed by atoms with E-state index < -0.39 is 0 Å². The second-order valence-corrected chi connectivity index (χ2v) is 4.75. The Hall–Kier alpha value is -2.27. The summed E-state index contributed by atoms with van der Waals surface area (Å²) in [6.07, 6.45) is 1.85. The highest BCUT2D eigenvalue weighted by molar-refractivity contribution is 7.12. The SMILES string of the molecule is C/C=C(\NNC(=O)c1cccs1)c1ccc(O)cc1. The first-order valence-electron chi connectivity index (χ1n) is 5.76. The van der Waals surface area contributed by atoms with Crippen LogP contribution in [0.5, 0.6) is 5.75 Å². The Labute approximate surface area is 115 Å². The first-order chi connectivity index (χ1) is 9.20. The van der Waals surface area contributed by atoms with E-state index in [1.807, 2.05) is 24.4 Å². The summed E-state index contributed by atoms with van der Waals surface area (Å²) in [6.45, 7) is 1.87. The minimum atomic E-state index is -0.173. The first kappa shape index (κ1) is 13.2. The molecule has 0 atom stereocenters. The lowest BCUT2D eigenvalue weighted by atomic mass is 10.1. The average molecular weight is 274 g/mol. The van der Waals surface area contributed by atoms with E-state index in [1.165, 1.54) is 11.3 Å². The molecule has 1 amide bonds. The third-order valence-corrected chi connectivity index (χ3v) is 3.39. The summed E-state index contributed by atoms with van der Waals surface area (Å²) >= 11 is 1.38. The highest BCUT2D eigenvalue weighted by Crippen LogP contribution is 2.15. The second kappa shape index (κ2) is 6.06. The molecule has 2 aromatic rings. The number of amides is 1. The van der Waals surface area contributed by atoms with Crippen molar-refractivity contribution in [2.24, 2.45) is 0 Å². The van der Waals surface area contributed by atoms with Crippen LogP contribution in [0, 0.1) is 0 Å². The van der Waals surface area contributed by atoms with E-state index in [0.717, 1.165) is 11.3 Å². The molecular weight excluding hydrogens is 260 g/mol. The molecule has 0 aliphatic carbocycles. The lowest BCUT2D eigenvalue weighted by Crippen LogP contribution is -2.35. The van der Waals surface area contributed by atoms with Crippen molar-refractivity contribution in [1.82, 2.24) is 10.9 Å². The number of rotatable bonds is 4. The van der Waals surface area contributed by atoms with Crippen molar-refractivity contribution in [3.05, 3.63) is 58.3 Å². The number of benzene rings is 1. The summed E-state index contributed by atoms with van der Waals surface area (Å²) in [5, 5.41) is 11.1. The van der Waals surface area contributed by atoms with Crippen molar-refractivity contribution >= 4 is 22.9 Å². The lowest BCUT2D eigenvalue weighted by Gasteiger charge is -2.11. The number of phenolic OH excluding ortho intramolecular Hbond substituents is 1. The Kier molecular flexibility index (Phi) is 4.20. The topological polar surface area (TPSA) is 61.4 Å². The molecule has 1 aromatic heterocycles. The van der Waals surface area contributed by atoms with Crippen LogP contribution in [-0.4, -0.2) is 11.0 Å². The van der Waals surface area contributed by atoms with Gasteiger partial charge in [0.1, 0.15) is 5.75 Å². The predicted molar refractivity (Wildman–Crippen MR) is 76.7 cm³/mol. The monoisotopic (exact) mass is 274 g/mol. The molecule has 5 heteroatoms. The number of carbonyl (C=O) groups excluding carboxylic acids is 1. The number of hydrogen-bond acceptors (Lipinski definition) is 4. The van der Waals surface area contributed by atoms with Gasteiger partial charge in [-0.3, -0.25) is 15.6 Å². The minimum Gasteiger partial charge on any atom is -0.508 e. The van der Waals surface area contributed by atoms with Gasteiger partial charge in [-0.1, -0.05) is 12.1 Å². The first-order valence-corrected chi connectivity index (χ1v) is 6.64. The van der Waals surface area contributed by atoms with Crippen LogP contribution >= 0.6 is 11.3 Å². The second-order valence-electron chi connectivity index (χ2n) is 3.81. The highest BCUT2D eigenvalue weighted by atomic mass is 32.1. The molecule has 0 aliphatic heterocycles. The molecule has 1 aromatic carbocycles. The molecule has 0 spiro atoms. The maximum absolute atomic E-state index is 11.8. The fourth-order valence-electron chi connectivity index (χ4n) is 1.55. The molecule has 0 fully saturated rings. The van der Waals surface area contributed by atoms with Gasteiger partial charge < -0.3 is 5.11 Å². The van der Waals surface area contributed by atoms with Gasteiger partial charge in [-0.2, -0.15) is 0 Å². The van der Waals surface area contributed by atoms with Crippen LogP contribution in [-0.2, 0) is 0 Å². The van der Waals surface area contributed by atoms with E-state index in [1.54, 1.807) is 30.3 Å². The highest BCUT2D eigenvalue weighted by Gasteiger charge is 2.06. The Balaban J connectivity index is 2.01. The number of nitrogens with one attached hydrogen (secondary N) is 2. The largest absolute Gasteiger partial charge is 0.508 e. The van der Waals surface area contributed by atoms with E-state index >= 15 is 0 Å². The quantitative estimate of drug-likeness (QED) is 0.751. The van der Waals surface area contributed by atoms with Gasteiger partial charge in [-0.15, -0.1) is 11.3 Å². The van der Waals surface area contributed by atoms with E-state index in [0.29, 0.717) is 4.88 Å². The zero-order valence-electron chi connectivity index (χ0n) is 10.4. The Bertz CT molecular complexity index is 574. The summed E-state index contributed by atoms with van der Waals surface area (Å²) in [7, 11) is 0. The van der Waals surface area contributed by atoms with Gasteiger partial charge in [0.2, 0.25) is 0 Å². The van der Waals surface area contributed by atoms with E-state index in [2.05, 4.69) is 10.9 Å². The van der Waals surface area contributed by atoms with Gasteiger partial charge in [0.05, 0.1) is 10.6 Å². The third kappa shape index (κ3) is 3.35. The summed E-state index contributed by atoms with van der Waals surface area (Å²) in [6, 6.07) is 10.3. The number of phenols is 1. The molecule has 3 N–H and O–H groups in total. The smallest absolute Gasteiger partial charge is 0.279 e. The normalized spacial score (nSPS) is 11.1. The molecule has 0 saturated carbocycles. The minimum absolute atomic E-state index is 0.173. The fourth-order valence-corrected chi connectivity index (χ4v) is 2.16. The van der Waals surface area contributed by atoms with Crippen molar-refractivity contribution in [3.8, 4) is 5.75 Å². The predicted octanol–water partition coefficient (Wildman–Crippen LogP) is 2.75. The number of hydrogen-bond donors (Lipinski definition) is 3. The fraction of sp³-hybridized carbons (Fsp3) is 0.0714. The number of allylic oxidation sites excluding steroid dienone is 1. The summed E-state index contributed by atoms with van der Waals surface area (Å²) in [5.74, 6) is 0.0370. The molecule has 98 valence electrons. The van der Waals surface area contributed by atoms with Crippen LogP contribution in [0.15, 0.2) is 47.9 Å².